The number of hydrogen-bond donors (Lipinski definition) is 5. The van der Waals surface area contributed by atoms with E-state index in [2.05, 4.69) is 9.88 Å². The first kappa shape index (κ1) is 28.4. The molecule has 1 heterocycles. The number of amides is 1. The first-order valence-electron chi connectivity index (χ1n) is 12.1. The minimum atomic E-state index is -1.76. The van der Waals surface area contributed by atoms with Gasteiger partial charge in [-0.15, -0.1) is 0 Å². The second kappa shape index (κ2) is 13.9. The van der Waals surface area contributed by atoms with E-state index in [1.165, 1.54) is 11.9 Å². The van der Waals surface area contributed by atoms with Crippen molar-refractivity contribution < 1.29 is 30.3 Å². The van der Waals surface area contributed by atoms with Crippen molar-refractivity contribution in [2.24, 2.45) is 0 Å². The molecule has 5 N–H and O–H groups in total. The van der Waals surface area contributed by atoms with Gasteiger partial charge in [0.05, 0.1) is 17.9 Å². The molecule has 0 fully saturated rings. The van der Waals surface area contributed by atoms with Crippen LogP contribution in [0.3, 0.4) is 0 Å². The van der Waals surface area contributed by atoms with Crippen LogP contribution in [0.2, 0.25) is 0 Å². The number of carbonyl (C=O) groups excluding carboxylic acids is 1. The van der Waals surface area contributed by atoms with Gasteiger partial charge in [-0.2, -0.15) is 0 Å². The van der Waals surface area contributed by atoms with Gasteiger partial charge in [0.1, 0.15) is 24.4 Å². The summed E-state index contributed by atoms with van der Waals surface area (Å²) in [5, 5.41) is 48.8. The molecule has 0 aliphatic heterocycles. The summed E-state index contributed by atoms with van der Waals surface area (Å²) in [4.78, 5) is 21.2. The fraction of sp³-hybridized carbons (Fsp3) is 0.357. The van der Waals surface area contributed by atoms with Gasteiger partial charge in [0, 0.05) is 39.4 Å². The standard InChI is InChI=1S/C28H35N3O6/c1-30(18-24(33)26(35)27(36)25(34)19-32)28(37)22-13-8-14-29-23(22)17-31(15-20-9-4-2-5-10-20)16-21-11-6-3-7-12-21/h2-14,24-27,32-36H,15-19H2,1H3/t24-,25+,26+,27+/m0/s1. The van der Waals surface area contributed by atoms with E-state index in [1.807, 2.05) is 60.7 Å². The quantitative estimate of drug-likeness (QED) is 0.228. The molecule has 0 spiro atoms. The van der Waals surface area contributed by atoms with Crippen LogP contribution in [0.15, 0.2) is 79.0 Å². The molecule has 0 aliphatic rings. The number of hydrogen-bond acceptors (Lipinski definition) is 8. The summed E-state index contributed by atoms with van der Waals surface area (Å²) < 4.78 is 0. The number of aliphatic hydroxyl groups is 5. The number of aliphatic hydroxyl groups excluding tert-OH is 5. The largest absolute Gasteiger partial charge is 0.394 e. The van der Waals surface area contributed by atoms with E-state index < -0.39 is 36.9 Å². The Hall–Kier alpha value is -3.18. The number of likely N-dealkylation sites (N-methyl/N-ethyl adjacent to an activating group) is 1. The second-order valence-corrected chi connectivity index (χ2v) is 9.10. The fourth-order valence-corrected chi connectivity index (χ4v) is 4.06. The van der Waals surface area contributed by atoms with Crippen molar-refractivity contribution in [3.63, 3.8) is 0 Å². The average molecular weight is 510 g/mol. The van der Waals surface area contributed by atoms with Crippen molar-refractivity contribution in [2.75, 3.05) is 20.2 Å². The predicted molar refractivity (Wildman–Crippen MR) is 138 cm³/mol. The molecule has 0 radical (unpaired) electrons. The maximum absolute atomic E-state index is 13.3. The lowest BCUT2D eigenvalue weighted by molar-refractivity contribution is -0.117. The van der Waals surface area contributed by atoms with E-state index >= 15 is 0 Å². The molecule has 0 saturated heterocycles. The molecule has 3 rings (SSSR count). The Balaban J connectivity index is 1.76. The Labute approximate surface area is 216 Å². The zero-order chi connectivity index (χ0) is 26.8. The van der Waals surface area contributed by atoms with E-state index in [0.717, 1.165) is 11.1 Å². The highest BCUT2D eigenvalue weighted by atomic mass is 16.4. The van der Waals surface area contributed by atoms with Crippen LogP contribution >= 0.6 is 0 Å². The monoisotopic (exact) mass is 509 g/mol. The molecule has 9 heteroatoms. The van der Waals surface area contributed by atoms with Crippen LogP contribution in [0, 0.1) is 0 Å². The Bertz CT molecular complexity index is 1060. The Morgan fingerprint density at radius 3 is 1.86 bits per heavy atom. The zero-order valence-corrected chi connectivity index (χ0v) is 20.8. The Morgan fingerprint density at radius 1 is 0.784 bits per heavy atom. The Kier molecular flexibility index (Phi) is 10.7. The van der Waals surface area contributed by atoms with Crippen molar-refractivity contribution in [2.45, 2.75) is 44.1 Å². The number of rotatable bonds is 13. The zero-order valence-electron chi connectivity index (χ0n) is 20.8. The minimum Gasteiger partial charge on any atom is -0.394 e. The minimum absolute atomic E-state index is 0.304. The van der Waals surface area contributed by atoms with E-state index in [9.17, 15) is 25.2 Å². The molecule has 2 aromatic carbocycles. The third kappa shape index (κ3) is 8.16. The van der Waals surface area contributed by atoms with Crippen molar-refractivity contribution >= 4 is 5.91 Å². The molecule has 1 aromatic heterocycles. The average Bonchev–Trinajstić information content (AvgIpc) is 2.92. The highest BCUT2D eigenvalue weighted by Crippen LogP contribution is 2.17. The van der Waals surface area contributed by atoms with Gasteiger partial charge in [-0.3, -0.25) is 14.7 Å². The van der Waals surface area contributed by atoms with Crippen molar-refractivity contribution in [1.82, 2.24) is 14.8 Å². The summed E-state index contributed by atoms with van der Waals surface area (Å²) in [5.74, 6) is -0.411. The molecule has 9 nitrogen and oxygen atoms in total. The summed E-state index contributed by atoms with van der Waals surface area (Å²) in [5.41, 5.74) is 3.17. The molecule has 3 aromatic rings. The van der Waals surface area contributed by atoms with Crippen LogP contribution in [-0.2, 0) is 19.6 Å². The number of aromatic nitrogens is 1. The Morgan fingerprint density at radius 2 is 1.32 bits per heavy atom. The van der Waals surface area contributed by atoms with Crippen LogP contribution < -0.4 is 0 Å². The van der Waals surface area contributed by atoms with Gasteiger partial charge in [-0.25, -0.2) is 0 Å². The van der Waals surface area contributed by atoms with Crippen LogP contribution in [0.5, 0.6) is 0 Å². The number of benzene rings is 2. The van der Waals surface area contributed by atoms with E-state index in [-0.39, 0.29) is 6.54 Å². The summed E-state index contributed by atoms with van der Waals surface area (Å²) in [7, 11) is 1.47. The molecule has 37 heavy (non-hydrogen) atoms. The third-order valence-corrected chi connectivity index (χ3v) is 6.13. The third-order valence-electron chi connectivity index (χ3n) is 6.13. The van der Waals surface area contributed by atoms with Gasteiger partial charge < -0.3 is 30.4 Å². The molecule has 1 amide bonds. The van der Waals surface area contributed by atoms with E-state index in [4.69, 9.17) is 5.11 Å². The molecular formula is C28H35N3O6. The highest BCUT2D eigenvalue weighted by Gasteiger charge is 2.31. The molecule has 0 bridgehead atoms. The maximum atomic E-state index is 13.3. The molecule has 4 atom stereocenters. The number of pyridine rings is 1. The predicted octanol–water partition coefficient (Wildman–Crippen LogP) is 0.792. The van der Waals surface area contributed by atoms with Gasteiger partial charge in [0.25, 0.3) is 5.91 Å². The summed E-state index contributed by atoms with van der Waals surface area (Å²) in [6, 6.07) is 23.4. The van der Waals surface area contributed by atoms with Crippen molar-refractivity contribution in [3.05, 3.63) is 101 Å². The summed E-state index contributed by atoms with van der Waals surface area (Å²) in [6.45, 7) is 0.603. The number of carbonyl (C=O) groups is 1. The van der Waals surface area contributed by atoms with Gasteiger partial charge >= 0.3 is 0 Å². The van der Waals surface area contributed by atoms with Crippen LogP contribution in [-0.4, -0.2) is 90.8 Å². The first-order valence-corrected chi connectivity index (χ1v) is 12.1. The highest BCUT2D eigenvalue weighted by molar-refractivity contribution is 5.95. The SMILES string of the molecule is CN(C[C@H](O)[C@@H](O)[C@H](O)[C@H](O)CO)C(=O)c1cccnc1CN(Cc1ccccc1)Cc1ccccc1. The van der Waals surface area contributed by atoms with Crippen LogP contribution in [0.25, 0.3) is 0 Å². The van der Waals surface area contributed by atoms with Crippen LogP contribution in [0.4, 0.5) is 0 Å². The summed E-state index contributed by atoms with van der Waals surface area (Å²) in [6.07, 6.45) is -5.05. The van der Waals surface area contributed by atoms with Crippen molar-refractivity contribution in [1.29, 1.82) is 0 Å². The normalized spacial score (nSPS) is 14.7. The lowest BCUT2D eigenvalue weighted by Gasteiger charge is -2.29. The lowest BCUT2D eigenvalue weighted by atomic mass is 10.0. The molecule has 0 unspecified atom stereocenters. The van der Waals surface area contributed by atoms with Gasteiger partial charge in [0.15, 0.2) is 0 Å². The van der Waals surface area contributed by atoms with Crippen molar-refractivity contribution in [3.8, 4) is 0 Å². The summed E-state index contributed by atoms with van der Waals surface area (Å²) >= 11 is 0. The molecule has 0 saturated carbocycles. The first-order chi connectivity index (χ1) is 17.8. The van der Waals surface area contributed by atoms with Gasteiger partial charge in [0.2, 0.25) is 0 Å². The lowest BCUT2D eigenvalue weighted by Crippen LogP contribution is -2.50. The molecule has 0 aliphatic carbocycles. The molecule has 198 valence electrons. The van der Waals surface area contributed by atoms with Gasteiger partial charge in [-0.1, -0.05) is 60.7 Å². The van der Waals surface area contributed by atoms with E-state index in [0.29, 0.717) is 30.9 Å². The number of nitrogens with zero attached hydrogens (tertiary/aromatic N) is 3. The van der Waals surface area contributed by atoms with Crippen LogP contribution in [0.1, 0.15) is 27.2 Å². The topological polar surface area (TPSA) is 138 Å². The van der Waals surface area contributed by atoms with Gasteiger partial charge in [-0.05, 0) is 23.3 Å². The van der Waals surface area contributed by atoms with E-state index in [1.54, 1.807) is 18.3 Å². The second-order valence-electron chi connectivity index (χ2n) is 9.10. The maximum Gasteiger partial charge on any atom is 0.255 e. The fourth-order valence-electron chi connectivity index (χ4n) is 4.06. The molecular weight excluding hydrogens is 474 g/mol. The smallest absolute Gasteiger partial charge is 0.255 e.